The largest absolute Gasteiger partial charge is 0.480 e. The van der Waals surface area contributed by atoms with Crippen LogP contribution in [0.1, 0.15) is 11.1 Å². The van der Waals surface area contributed by atoms with Gasteiger partial charge >= 0.3 is 5.97 Å². The van der Waals surface area contributed by atoms with Crippen molar-refractivity contribution >= 4 is 11.7 Å². The third-order valence-corrected chi connectivity index (χ3v) is 2.68. The van der Waals surface area contributed by atoms with Crippen LogP contribution in [0, 0.1) is 6.92 Å². The number of anilines is 1. The van der Waals surface area contributed by atoms with E-state index < -0.39 is 5.97 Å². The summed E-state index contributed by atoms with van der Waals surface area (Å²) >= 11 is 0. The maximum Gasteiger partial charge on any atom is 0.323 e. The summed E-state index contributed by atoms with van der Waals surface area (Å²) in [5.41, 5.74) is 3.65. The zero-order chi connectivity index (χ0) is 10.1. The third-order valence-electron chi connectivity index (χ3n) is 2.68. The number of carbonyl (C=O) groups is 1. The first-order valence-corrected chi connectivity index (χ1v) is 4.73. The molecule has 0 aromatic heterocycles. The van der Waals surface area contributed by atoms with E-state index >= 15 is 0 Å². The molecule has 1 aliphatic heterocycles. The highest BCUT2D eigenvalue weighted by atomic mass is 16.4. The van der Waals surface area contributed by atoms with Crippen LogP contribution in [-0.2, 0) is 11.2 Å². The van der Waals surface area contributed by atoms with Crippen LogP contribution >= 0.6 is 0 Å². The third kappa shape index (κ3) is 1.45. The van der Waals surface area contributed by atoms with E-state index in [2.05, 4.69) is 13.0 Å². The molecule has 0 amide bonds. The predicted molar refractivity (Wildman–Crippen MR) is 54.7 cm³/mol. The lowest BCUT2D eigenvalue weighted by Gasteiger charge is -2.16. The van der Waals surface area contributed by atoms with E-state index in [1.54, 1.807) is 0 Å². The van der Waals surface area contributed by atoms with Gasteiger partial charge in [0.2, 0.25) is 0 Å². The minimum Gasteiger partial charge on any atom is -0.480 e. The van der Waals surface area contributed by atoms with Gasteiger partial charge in [-0.1, -0.05) is 12.1 Å². The highest BCUT2D eigenvalue weighted by Gasteiger charge is 2.21. The van der Waals surface area contributed by atoms with Crippen LogP contribution in [0.5, 0.6) is 0 Å². The Balaban J connectivity index is 2.30. The van der Waals surface area contributed by atoms with Crippen molar-refractivity contribution in [2.75, 3.05) is 18.0 Å². The summed E-state index contributed by atoms with van der Waals surface area (Å²) in [6, 6.07) is 6.05. The summed E-state index contributed by atoms with van der Waals surface area (Å²) < 4.78 is 0. The van der Waals surface area contributed by atoms with E-state index in [-0.39, 0.29) is 6.54 Å². The first-order chi connectivity index (χ1) is 6.68. The number of hydrogen-bond acceptors (Lipinski definition) is 2. The smallest absolute Gasteiger partial charge is 0.323 e. The molecule has 3 heteroatoms. The lowest BCUT2D eigenvalue weighted by molar-refractivity contribution is -0.135. The monoisotopic (exact) mass is 191 g/mol. The summed E-state index contributed by atoms with van der Waals surface area (Å²) in [6.07, 6.45) is 0.968. The zero-order valence-electron chi connectivity index (χ0n) is 8.16. The predicted octanol–water partition coefficient (Wildman–Crippen LogP) is 1.44. The summed E-state index contributed by atoms with van der Waals surface area (Å²) in [5, 5.41) is 8.73. The van der Waals surface area contributed by atoms with Gasteiger partial charge in [-0.05, 0) is 30.5 Å². The molecule has 1 heterocycles. The second kappa shape index (κ2) is 3.33. The summed E-state index contributed by atoms with van der Waals surface area (Å²) in [5.74, 6) is -0.764. The molecule has 0 atom stereocenters. The van der Waals surface area contributed by atoms with Crippen molar-refractivity contribution in [3.05, 3.63) is 29.3 Å². The molecule has 0 radical (unpaired) electrons. The molecule has 1 aromatic carbocycles. The fourth-order valence-corrected chi connectivity index (χ4v) is 2.00. The Kier molecular flexibility index (Phi) is 2.15. The van der Waals surface area contributed by atoms with E-state index in [9.17, 15) is 4.79 Å². The molecule has 1 N–H and O–H groups in total. The van der Waals surface area contributed by atoms with Gasteiger partial charge in [0.15, 0.2) is 0 Å². The fraction of sp³-hybridized carbons (Fsp3) is 0.364. The van der Waals surface area contributed by atoms with Crippen molar-refractivity contribution in [3.8, 4) is 0 Å². The van der Waals surface area contributed by atoms with E-state index in [1.807, 2.05) is 17.0 Å². The second-order valence-electron chi connectivity index (χ2n) is 3.64. The highest BCUT2D eigenvalue weighted by molar-refractivity contribution is 5.75. The van der Waals surface area contributed by atoms with Gasteiger partial charge in [0, 0.05) is 12.2 Å². The van der Waals surface area contributed by atoms with Crippen LogP contribution in [0.15, 0.2) is 18.2 Å². The van der Waals surface area contributed by atoms with Gasteiger partial charge in [0.1, 0.15) is 6.54 Å². The van der Waals surface area contributed by atoms with Crippen molar-refractivity contribution in [2.24, 2.45) is 0 Å². The topological polar surface area (TPSA) is 40.5 Å². The quantitative estimate of drug-likeness (QED) is 0.769. The Labute approximate surface area is 83.0 Å². The molecular formula is C11H13NO2. The molecule has 2 rings (SSSR count). The SMILES string of the molecule is Cc1cccc2c1CCN2CC(=O)O. The van der Waals surface area contributed by atoms with Crippen molar-refractivity contribution in [2.45, 2.75) is 13.3 Å². The first-order valence-electron chi connectivity index (χ1n) is 4.73. The average molecular weight is 191 g/mol. The van der Waals surface area contributed by atoms with Gasteiger partial charge in [-0.25, -0.2) is 0 Å². The molecule has 0 saturated carbocycles. The Hall–Kier alpha value is -1.51. The number of benzene rings is 1. The number of carboxylic acid groups (broad SMARTS) is 1. The lowest BCUT2D eigenvalue weighted by atomic mass is 10.1. The normalized spacial score (nSPS) is 14.2. The number of aliphatic carboxylic acids is 1. The van der Waals surface area contributed by atoms with Gasteiger partial charge in [-0.15, -0.1) is 0 Å². The van der Waals surface area contributed by atoms with E-state index in [4.69, 9.17) is 5.11 Å². The number of fused-ring (bicyclic) bond motifs is 1. The molecule has 1 aromatic rings. The van der Waals surface area contributed by atoms with Crippen LogP contribution in [-0.4, -0.2) is 24.2 Å². The van der Waals surface area contributed by atoms with Crippen LogP contribution in [0.2, 0.25) is 0 Å². The van der Waals surface area contributed by atoms with Crippen LogP contribution in [0.4, 0.5) is 5.69 Å². The number of carboxylic acids is 1. The van der Waals surface area contributed by atoms with Gasteiger partial charge in [-0.2, -0.15) is 0 Å². The highest BCUT2D eigenvalue weighted by Crippen LogP contribution is 2.29. The standard InChI is InChI=1S/C11H13NO2/c1-8-3-2-4-10-9(8)5-6-12(10)7-11(13)14/h2-4H,5-7H2,1H3,(H,13,14). The molecule has 14 heavy (non-hydrogen) atoms. The fourth-order valence-electron chi connectivity index (χ4n) is 2.00. The van der Waals surface area contributed by atoms with E-state index in [1.165, 1.54) is 11.1 Å². The first kappa shape index (κ1) is 9.06. The second-order valence-corrected chi connectivity index (χ2v) is 3.64. The summed E-state index contributed by atoms with van der Waals surface area (Å²) in [6.45, 7) is 3.01. The molecule has 0 spiro atoms. The average Bonchev–Trinajstić information content (AvgIpc) is 2.49. The Bertz CT molecular complexity index is 374. The van der Waals surface area contributed by atoms with Gasteiger partial charge < -0.3 is 10.0 Å². The molecular weight excluding hydrogens is 178 g/mol. The minimum absolute atomic E-state index is 0.108. The van der Waals surface area contributed by atoms with Crippen molar-refractivity contribution < 1.29 is 9.90 Å². The van der Waals surface area contributed by atoms with Gasteiger partial charge in [-0.3, -0.25) is 4.79 Å². The number of rotatable bonds is 2. The van der Waals surface area contributed by atoms with E-state index in [0.717, 1.165) is 18.7 Å². The molecule has 0 saturated heterocycles. The molecule has 74 valence electrons. The minimum atomic E-state index is -0.764. The van der Waals surface area contributed by atoms with Crippen LogP contribution < -0.4 is 4.90 Å². The number of hydrogen-bond donors (Lipinski definition) is 1. The van der Waals surface area contributed by atoms with Crippen molar-refractivity contribution in [3.63, 3.8) is 0 Å². The maximum atomic E-state index is 10.6. The van der Waals surface area contributed by atoms with E-state index in [0.29, 0.717) is 0 Å². The molecule has 1 aliphatic rings. The van der Waals surface area contributed by atoms with Crippen molar-refractivity contribution in [1.82, 2.24) is 0 Å². The van der Waals surface area contributed by atoms with Gasteiger partial charge in [0.05, 0.1) is 0 Å². The molecule has 0 bridgehead atoms. The molecule has 0 aliphatic carbocycles. The van der Waals surface area contributed by atoms with Crippen LogP contribution in [0.25, 0.3) is 0 Å². The summed E-state index contributed by atoms with van der Waals surface area (Å²) in [7, 11) is 0. The molecule has 0 fully saturated rings. The Morgan fingerprint density at radius 3 is 3.07 bits per heavy atom. The summed E-state index contributed by atoms with van der Waals surface area (Å²) in [4.78, 5) is 12.5. The Morgan fingerprint density at radius 2 is 2.36 bits per heavy atom. The van der Waals surface area contributed by atoms with Crippen LogP contribution in [0.3, 0.4) is 0 Å². The molecule has 3 nitrogen and oxygen atoms in total. The Morgan fingerprint density at radius 1 is 1.57 bits per heavy atom. The van der Waals surface area contributed by atoms with Crippen molar-refractivity contribution in [1.29, 1.82) is 0 Å². The number of aryl methyl sites for hydroxylation is 1. The maximum absolute atomic E-state index is 10.6. The molecule has 0 unspecified atom stereocenters. The lowest BCUT2D eigenvalue weighted by Crippen LogP contribution is -2.27. The van der Waals surface area contributed by atoms with Gasteiger partial charge in [0.25, 0.3) is 0 Å². The number of nitrogens with zero attached hydrogens (tertiary/aromatic N) is 1. The zero-order valence-corrected chi connectivity index (χ0v) is 8.16.